The number of aromatic nitrogens is 3. The largest absolute Gasteiger partial charge is 0.388 e. The van der Waals surface area contributed by atoms with E-state index in [1.165, 1.54) is 12.8 Å². The zero-order valence-electron chi connectivity index (χ0n) is 20.1. The zero-order valence-corrected chi connectivity index (χ0v) is 21.1. The van der Waals surface area contributed by atoms with Gasteiger partial charge in [-0.2, -0.15) is 0 Å². The van der Waals surface area contributed by atoms with Crippen LogP contribution in [0.2, 0.25) is 25.7 Å². The first-order valence-corrected chi connectivity index (χ1v) is 15.7. The fraction of sp³-hybridized carbons (Fsp3) is 0.708. The molecule has 2 aliphatic carbocycles. The van der Waals surface area contributed by atoms with Crippen molar-refractivity contribution in [2.45, 2.75) is 95.9 Å². The lowest BCUT2D eigenvalue weighted by atomic mass is 9.91. The Morgan fingerprint density at radius 3 is 2.69 bits per heavy atom. The fourth-order valence-corrected chi connectivity index (χ4v) is 4.72. The molecule has 8 heteroatoms. The molecule has 2 aromatic heterocycles. The van der Waals surface area contributed by atoms with Crippen LogP contribution >= 0.6 is 0 Å². The molecule has 0 saturated heterocycles. The maximum atomic E-state index is 13.3. The number of carbonyl (C=O) groups is 1. The number of carbonyl (C=O) groups excluding carboxylic acids is 1. The van der Waals surface area contributed by atoms with Crippen molar-refractivity contribution in [3.8, 4) is 0 Å². The molecule has 0 unspecified atom stereocenters. The number of amides is 1. The molecule has 2 atom stereocenters. The van der Waals surface area contributed by atoms with E-state index in [1.807, 2.05) is 24.6 Å². The average Bonchev–Trinajstić information content (AvgIpc) is 3.63. The lowest BCUT2D eigenvalue weighted by Gasteiger charge is -2.31. The fourth-order valence-electron chi connectivity index (χ4n) is 3.96. The molecule has 2 saturated carbocycles. The summed E-state index contributed by atoms with van der Waals surface area (Å²) in [7, 11) is -1.17. The van der Waals surface area contributed by atoms with Gasteiger partial charge in [0, 0.05) is 26.8 Å². The lowest BCUT2D eigenvalue weighted by molar-refractivity contribution is 0.0122. The zero-order chi connectivity index (χ0) is 23.1. The van der Waals surface area contributed by atoms with Gasteiger partial charge in [-0.25, -0.2) is 9.97 Å². The molecular weight excluding hydrogens is 420 g/mol. The number of aliphatic hydroxyl groups is 1. The van der Waals surface area contributed by atoms with Crippen molar-refractivity contribution in [1.29, 1.82) is 0 Å². The highest BCUT2D eigenvalue weighted by atomic mass is 28.3. The number of nitrogens with zero attached hydrogens (tertiary/aromatic N) is 3. The molecule has 0 spiro atoms. The molecule has 1 amide bonds. The molecule has 32 heavy (non-hydrogen) atoms. The van der Waals surface area contributed by atoms with Crippen LogP contribution in [0.4, 0.5) is 0 Å². The first kappa shape index (κ1) is 23.4. The van der Waals surface area contributed by atoms with Gasteiger partial charge in [-0.05, 0) is 45.1 Å². The summed E-state index contributed by atoms with van der Waals surface area (Å²) in [6.07, 6.45) is 8.94. The van der Waals surface area contributed by atoms with Crippen LogP contribution < -0.4 is 5.32 Å². The second-order valence-electron chi connectivity index (χ2n) is 11.3. The number of hydrogen-bond donors (Lipinski definition) is 2. The standard InChI is InChI=1S/C24H38N4O3Si/c1-16(24(2,30)12-17-6-7-17)26-23(29)19-14-28(15-31-10-11-32(3,4)5)22-21(19)27-20(13-25-22)18-8-9-18/h13-14,16-18,30H,6-12,15H2,1-5H3,(H,26,29)/t16-,24+/m0/s1. The van der Waals surface area contributed by atoms with Gasteiger partial charge in [0.05, 0.1) is 29.1 Å². The Kier molecular flexibility index (Phi) is 6.49. The van der Waals surface area contributed by atoms with Crippen molar-refractivity contribution in [2.24, 2.45) is 5.92 Å². The van der Waals surface area contributed by atoms with Gasteiger partial charge >= 0.3 is 0 Å². The summed E-state index contributed by atoms with van der Waals surface area (Å²) >= 11 is 0. The van der Waals surface area contributed by atoms with Crippen LogP contribution in [-0.4, -0.2) is 51.9 Å². The summed E-state index contributed by atoms with van der Waals surface area (Å²) < 4.78 is 7.81. The molecule has 2 N–H and O–H groups in total. The van der Waals surface area contributed by atoms with Gasteiger partial charge in [-0.1, -0.05) is 32.5 Å². The maximum absolute atomic E-state index is 13.3. The van der Waals surface area contributed by atoms with Gasteiger partial charge in [-0.3, -0.25) is 4.79 Å². The smallest absolute Gasteiger partial charge is 0.255 e. The van der Waals surface area contributed by atoms with Crippen LogP contribution in [-0.2, 0) is 11.5 Å². The van der Waals surface area contributed by atoms with E-state index < -0.39 is 13.7 Å². The van der Waals surface area contributed by atoms with Crippen molar-refractivity contribution < 1.29 is 14.6 Å². The molecule has 2 fully saturated rings. The maximum Gasteiger partial charge on any atom is 0.255 e. The summed E-state index contributed by atoms with van der Waals surface area (Å²) in [6.45, 7) is 11.7. The van der Waals surface area contributed by atoms with Crippen LogP contribution in [0.15, 0.2) is 12.4 Å². The van der Waals surface area contributed by atoms with Crippen LogP contribution in [0.5, 0.6) is 0 Å². The summed E-state index contributed by atoms with van der Waals surface area (Å²) in [6, 6.07) is 0.728. The Bertz CT molecular complexity index is 974. The summed E-state index contributed by atoms with van der Waals surface area (Å²) in [5.41, 5.74) is 1.82. The van der Waals surface area contributed by atoms with Crippen molar-refractivity contribution in [3.63, 3.8) is 0 Å². The minimum absolute atomic E-state index is 0.221. The van der Waals surface area contributed by atoms with Crippen LogP contribution in [0.25, 0.3) is 11.2 Å². The van der Waals surface area contributed by atoms with E-state index in [0.29, 0.717) is 48.3 Å². The Morgan fingerprint density at radius 2 is 2.06 bits per heavy atom. The minimum Gasteiger partial charge on any atom is -0.388 e. The van der Waals surface area contributed by atoms with Gasteiger partial charge in [0.25, 0.3) is 5.91 Å². The highest BCUT2D eigenvalue weighted by molar-refractivity contribution is 6.76. The highest BCUT2D eigenvalue weighted by Crippen LogP contribution is 2.39. The van der Waals surface area contributed by atoms with Crippen molar-refractivity contribution >= 4 is 25.1 Å². The summed E-state index contributed by atoms with van der Waals surface area (Å²) in [4.78, 5) is 22.7. The third-order valence-electron chi connectivity index (χ3n) is 6.73. The molecule has 2 aromatic rings. The Labute approximate surface area is 192 Å². The van der Waals surface area contributed by atoms with Crippen LogP contribution in [0.1, 0.15) is 67.9 Å². The first-order valence-electron chi connectivity index (χ1n) is 12.0. The molecule has 2 aliphatic rings. The van der Waals surface area contributed by atoms with Gasteiger partial charge in [-0.15, -0.1) is 0 Å². The topological polar surface area (TPSA) is 89.3 Å². The number of ether oxygens (including phenoxy) is 1. The Hall–Kier alpha value is -1.77. The molecule has 2 heterocycles. The van der Waals surface area contributed by atoms with Crippen molar-refractivity contribution in [1.82, 2.24) is 19.9 Å². The molecule has 4 rings (SSSR count). The SMILES string of the molecule is C[C@H](NC(=O)c1cn(COCC[Si](C)(C)C)c2ncc(C3CC3)nc12)[C@](C)(O)CC1CC1. The molecule has 7 nitrogen and oxygen atoms in total. The van der Waals surface area contributed by atoms with Gasteiger partial charge in [0.15, 0.2) is 5.65 Å². The van der Waals surface area contributed by atoms with Gasteiger partial charge < -0.3 is 19.7 Å². The van der Waals surface area contributed by atoms with E-state index in [1.54, 1.807) is 6.20 Å². The van der Waals surface area contributed by atoms with E-state index >= 15 is 0 Å². The van der Waals surface area contributed by atoms with E-state index in [4.69, 9.17) is 9.72 Å². The first-order chi connectivity index (χ1) is 15.0. The minimum atomic E-state index is -1.17. The Balaban J connectivity index is 1.53. The third kappa shape index (κ3) is 5.77. The molecule has 0 aliphatic heterocycles. The Morgan fingerprint density at radius 1 is 1.34 bits per heavy atom. The van der Waals surface area contributed by atoms with Gasteiger partial charge in [0.1, 0.15) is 12.2 Å². The third-order valence-corrected chi connectivity index (χ3v) is 8.43. The van der Waals surface area contributed by atoms with Crippen LogP contribution in [0.3, 0.4) is 0 Å². The monoisotopic (exact) mass is 458 g/mol. The quantitative estimate of drug-likeness (QED) is 0.387. The van der Waals surface area contributed by atoms with E-state index in [0.717, 1.165) is 24.6 Å². The molecule has 0 aromatic carbocycles. The normalized spacial score (nSPS) is 19.7. The van der Waals surface area contributed by atoms with Crippen LogP contribution in [0, 0.1) is 5.92 Å². The second kappa shape index (κ2) is 8.87. The number of nitrogens with one attached hydrogen (secondary N) is 1. The van der Waals surface area contributed by atoms with E-state index in [2.05, 4.69) is 29.9 Å². The molecule has 0 bridgehead atoms. The molecular formula is C24H38N4O3Si. The van der Waals surface area contributed by atoms with Gasteiger partial charge in [0.2, 0.25) is 0 Å². The number of fused-ring (bicyclic) bond motifs is 1. The second-order valence-corrected chi connectivity index (χ2v) is 16.9. The summed E-state index contributed by atoms with van der Waals surface area (Å²) in [5, 5.41) is 13.9. The van der Waals surface area contributed by atoms with Crippen molar-refractivity contribution in [3.05, 3.63) is 23.7 Å². The van der Waals surface area contributed by atoms with Crippen molar-refractivity contribution in [2.75, 3.05) is 6.61 Å². The number of rotatable bonds is 11. The summed E-state index contributed by atoms with van der Waals surface area (Å²) in [5.74, 6) is 0.811. The molecule has 176 valence electrons. The predicted octanol–water partition coefficient (Wildman–Crippen LogP) is 4.29. The number of hydrogen-bond acceptors (Lipinski definition) is 5. The molecule has 0 radical (unpaired) electrons. The van der Waals surface area contributed by atoms with E-state index in [-0.39, 0.29) is 11.9 Å². The lowest BCUT2D eigenvalue weighted by Crippen LogP contribution is -2.49. The average molecular weight is 459 g/mol. The predicted molar refractivity (Wildman–Crippen MR) is 129 cm³/mol. The highest BCUT2D eigenvalue weighted by Gasteiger charge is 2.37. The van der Waals surface area contributed by atoms with E-state index in [9.17, 15) is 9.90 Å².